The maximum Gasteiger partial charge on any atom is 0.307 e. The first-order valence-electron chi connectivity index (χ1n) is 6.10. The fourth-order valence-corrected chi connectivity index (χ4v) is 1.77. The van der Waals surface area contributed by atoms with E-state index in [0.717, 1.165) is 11.1 Å². The van der Waals surface area contributed by atoms with E-state index in [4.69, 9.17) is 15.1 Å². The van der Waals surface area contributed by atoms with Gasteiger partial charge < -0.3 is 9.84 Å². The van der Waals surface area contributed by atoms with Crippen molar-refractivity contribution >= 4 is 5.97 Å². The van der Waals surface area contributed by atoms with Crippen LogP contribution in [-0.4, -0.2) is 11.1 Å². The molecule has 0 amide bonds. The van der Waals surface area contributed by atoms with E-state index in [9.17, 15) is 4.79 Å². The summed E-state index contributed by atoms with van der Waals surface area (Å²) >= 11 is 0. The number of para-hydroxylation sites is 1. The molecule has 0 atom stereocenters. The van der Waals surface area contributed by atoms with Crippen LogP contribution < -0.4 is 4.74 Å². The molecule has 0 aliphatic rings. The van der Waals surface area contributed by atoms with Crippen LogP contribution in [0.1, 0.15) is 16.7 Å². The number of hydrogen-bond donors (Lipinski definition) is 1. The molecule has 0 saturated carbocycles. The number of aliphatic carboxylic acids is 1. The van der Waals surface area contributed by atoms with E-state index < -0.39 is 5.97 Å². The van der Waals surface area contributed by atoms with Gasteiger partial charge in [0.2, 0.25) is 0 Å². The van der Waals surface area contributed by atoms with Crippen molar-refractivity contribution in [3.8, 4) is 11.8 Å². The number of carboxylic acid groups (broad SMARTS) is 1. The summed E-state index contributed by atoms with van der Waals surface area (Å²) in [5.74, 6) is -0.304. The van der Waals surface area contributed by atoms with Crippen LogP contribution in [-0.2, 0) is 17.8 Å². The Bertz CT molecular complexity index is 642. The highest BCUT2D eigenvalue weighted by molar-refractivity contribution is 5.70. The lowest BCUT2D eigenvalue weighted by atomic mass is 10.1. The molecule has 0 aliphatic heterocycles. The first-order chi connectivity index (χ1) is 9.69. The predicted molar refractivity (Wildman–Crippen MR) is 73.3 cm³/mol. The first kappa shape index (κ1) is 13.6. The van der Waals surface area contributed by atoms with Crippen LogP contribution in [0.5, 0.6) is 5.75 Å². The van der Waals surface area contributed by atoms with Gasteiger partial charge in [-0.2, -0.15) is 5.26 Å². The number of carboxylic acids is 1. The molecule has 0 bridgehead atoms. The fourth-order valence-electron chi connectivity index (χ4n) is 1.77. The Morgan fingerprint density at radius 1 is 1.10 bits per heavy atom. The van der Waals surface area contributed by atoms with Gasteiger partial charge in [-0.1, -0.05) is 36.4 Å². The van der Waals surface area contributed by atoms with Crippen molar-refractivity contribution in [3.05, 3.63) is 65.2 Å². The summed E-state index contributed by atoms with van der Waals surface area (Å²) in [6, 6.07) is 16.3. The molecule has 0 aromatic heterocycles. The Morgan fingerprint density at radius 3 is 2.40 bits per heavy atom. The Labute approximate surface area is 116 Å². The van der Waals surface area contributed by atoms with Gasteiger partial charge in [-0.25, -0.2) is 0 Å². The van der Waals surface area contributed by atoms with Crippen LogP contribution in [0, 0.1) is 11.3 Å². The van der Waals surface area contributed by atoms with Gasteiger partial charge in [0.25, 0.3) is 0 Å². The highest BCUT2D eigenvalue weighted by Gasteiger charge is 2.03. The van der Waals surface area contributed by atoms with Crippen LogP contribution in [0.3, 0.4) is 0 Å². The monoisotopic (exact) mass is 267 g/mol. The molecule has 1 N–H and O–H groups in total. The summed E-state index contributed by atoms with van der Waals surface area (Å²) < 4.78 is 5.60. The second-order valence-corrected chi connectivity index (χ2v) is 4.28. The summed E-state index contributed by atoms with van der Waals surface area (Å²) in [7, 11) is 0. The average molecular weight is 267 g/mol. The van der Waals surface area contributed by atoms with E-state index in [1.165, 1.54) is 0 Å². The van der Waals surface area contributed by atoms with E-state index in [0.29, 0.717) is 17.9 Å². The van der Waals surface area contributed by atoms with Crippen molar-refractivity contribution in [1.82, 2.24) is 0 Å². The second kappa shape index (κ2) is 6.39. The zero-order chi connectivity index (χ0) is 14.4. The van der Waals surface area contributed by atoms with Crippen molar-refractivity contribution < 1.29 is 14.6 Å². The number of nitrogens with zero attached hydrogens (tertiary/aromatic N) is 1. The lowest BCUT2D eigenvalue weighted by Gasteiger charge is -2.08. The van der Waals surface area contributed by atoms with Gasteiger partial charge in [0.1, 0.15) is 18.4 Å². The number of hydrogen-bond acceptors (Lipinski definition) is 3. The fraction of sp³-hybridized carbons (Fsp3) is 0.125. The van der Waals surface area contributed by atoms with Crippen molar-refractivity contribution in [2.75, 3.05) is 0 Å². The van der Waals surface area contributed by atoms with Crippen molar-refractivity contribution in [3.63, 3.8) is 0 Å². The smallest absolute Gasteiger partial charge is 0.307 e. The normalized spacial score (nSPS) is 9.75. The lowest BCUT2D eigenvalue weighted by molar-refractivity contribution is -0.136. The molecule has 0 spiro atoms. The molecule has 0 radical (unpaired) electrons. The third-order valence-electron chi connectivity index (χ3n) is 2.78. The van der Waals surface area contributed by atoms with Gasteiger partial charge >= 0.3 is 5.97 Å². The lowest BCUT2D eigenvalue weighted by Crippen LogP contribution is -2.01. The quantitative estimate of drug-likeness (QED) is 0.904. The topological polar surface area (TPSA) is 70.3 Å². The molecule has 20 heavy (non-hydrogen) atoms. The average Bonchev–Trinajstić information content (AvgIpc) is 2.46. The molecule has 0 unspecified atom stereocenters. The maximum absolute atomic E-state index is 10.6. The summed E-state index contributed by atoms with van der Waals surface area (Å²) in [6.07, 6.45) is 0.0123. The first-order valence-corrected chi connectivity index (χ1v) is 6.10. The Morgan fingerprint density at radius 2 is 1.75 bits per heavy atom. The third-order valence-corrected chi connectivity index (χ3v) is 2.78. The number of nitriles is 1. The van der Waals surface area contributed by atoms with Crippen LogP contribution >= 0.6 is 0 Å². The molecular formula is C16H13NO3. The Hall–Kier alpha value is -2.80. The standard InChI is InChI=1S/C16H13NO3/c17-10-14-3-1-2-4-15(14)20-11-13-7-5-12(6-8-13)9-16(18)19/h1-8H,9,11H2,(H,18,19). The summed E-state index contributed by atoms with van der Waals surface area (Å²) in [4.78, 5) is 10.6. The van der Waals surface area contributed by atoms with Gasteiger partial charge in [0.15, 0.2) is 0 Å². The number of benzene rings is 2. The number of carbonyl (C=O) groups is 1. The van der Waals surface area contributed by atoms with E-state index >= 15 is 0 Å². The minimum atomic E-state index is -0.850. The highest BCUT2D eigenvalue weighted by Crippen LogP contribution is 2.18. The second-order valence-electron chi connectivity index (χ2n) is 4.28. The Kier molecular flexibility index (Phi) is 4.35. The number of ether oxygens (including phenoxy) is 1. The van der Waals surface area contributed by atoms with Crippen molar-refractivity contribution in [2.45, 2.75) is 13.0 Å². The van der Waals surface area contributed by atoms with Gasteiger partial charge in [-0.05, 0) is 23.3 Å². The number of rotatable bonds is 5. The molecule has 2 aromatic carbocycles. The molecule has 0 aliphatic carbocycles. The van der Waals surface area contributed by atoms with Gasteiger partial charge in [0, 0.05) is 0 Å². The summed E-state index contributed by atoms with van der Waals surface area (Å²) in [5, 5.41) is 17.6. The molecule has 0 fully saturated rings. The maximum atomic E-state index is 10.6. The summed E-state index contributed by atoms with van der Waals surface area (Å²) in [6.45, 7) is 0.339. The van der Waals surface area contributed by atoms with Crippen LogP contribution in [0.4, 0.5) is 0 Å². The van der Waals surface area contributed by atoms with Gasteiger partial charge in [-0.3, -0.25) is 4.79 Å². The Balaban J connectivity index is 2.01. The van der Waals surface area contributed by atoms with E-state index in [1.807, 2.05) is 18.2 Å². The van der Waals surface area contributed by atoms with Gasteiger partial charge in [-0.15, -0.1) is 0 Å². The predicted octanol–water partition coefficient (Wildman–Crippen LogP) is 2.76. The molecule has 2 rings (SSSR count). The van der Waals surface area contributed by atoms with E-state index in [1.54, 1.807) is 30.3 Å². The molecule has 4 heteroatoms. The van der Waals surface area contributed by atoms with E-state index in [-0.39, 0.29) is 6.42 Å². The minimum Gasteiger partial charge on any atom is -0.488 e. The van der Waals surface area contributed by atoms with E-state index in [2.05, 4.69) is 6.07 Å². The van der Waals surface area contributed by atoms with Crippen molar-refractivity contribution in [1.29, 1.82) is 5.26 Å². The highest BCUT2D eigenvalue weighted by atomic mass is 16.5. The van der Waals surface area contributed by atoms with Crippen LogP contribution in [0.15, 0.2) is 48.5 Å². The summed E-state index contributed by atoms with van der Waals surface area (Å²) in [5.41, 5.74) is 2.17. The molecular weight excluding hydrogens is 254 g/mol. The van der Waals surface area contributed by atoms with Crippen LogP contribution in [0.25, 0.3) is 0 Å². The molecule has 2 aromatic rings. The molecule has 4 nitrogen and oxygen atoms in total. The van der Waals surface area contributed by atoms with Crippen molar-refractivity contribution in [2.24, 2.45) is 0 Å². The van der Waals surface area contributed by atoms with Gasteiger partial charge in [0.05, 0.1) is 12.0 Å². The molecule has 0 heterocycles. The largest absolute Gasteiger partial charge is 0.488 e. The zero-order valence-electron chi connectivity index (χ0n) is 10.7. The third kappa shape index (κ3) is 3.59. The zero-order valence-corrected chi connectivity index (χ0v) is 10.7. The minimum absolute atomic E-state index is 0.0123. The molecule has 0 saturated heterocycles. The SMILES string of the molecule is N#Cc1ccccc1OCc1ccc(CC(=O)O)cc1. The molecule has 100 valence electrons. The van der Waals surface area contributed by atoms with Crippen LogP contribution in [0.2, 0.25) is 0 Å².